The van der Waals surface area contributed by atoms with Crippen LogP contribution in [-0.2, 0) is 16.0 Å². The number of amides is 2. The van der Waals surface area contributed by atoms with Crippen molar-refractivity contribution in [1.29, 1.82) is 0 Å². The molecule has 0 aromatic heterocycles. The van der Waals surface area contributed by atoms with Crippen LogP contribution in [0.2, 0.25) is 0 Å². The first-order valence-electron chi connectivity index (χ1n) is 12.5. The summed E-state index contributed by atoms with van der Waals surface area (Å²) in [5, 5.41) is 3.35. The highest BCUT2D eigenvalue weighted by molar-refractivity contribution is 5.83. The first kappa shape index (κ1) is 23.5. The van der Waals surface area contributed by atoms with Crippen LogP contribution < -0.4 is 5.32 Å². The van der Waals surface area contributed by atoms with Crippen LogP contribution >= 0.6 is 0 Å². The zero-order chi connectivity index (χ0) is 23.2. The summed E-state index contributed by atoms with van der Waals surface area (Å²) in [6.45, 7) is 8.59. The zero-order valence-corrected chi connectivity index (χ0v) is 20.1. The Morgan fingerprint density at radius 3 is 2.48 bits per heavy atom. The number of piperidine rings is 1. The molecule has 2 aliphatic heterocycles. The highest BCUT2D eigenvalue weighted by Crippen LogP contribution is 2.25. The van der Waals surface area contributed by atoms with Crippen molar-refractivity contribution in [3.05, 3.63) is 59.7 Å². The fourth-order valence-corrected chi connectivity index (χ4v) is 5.20. The van der Waals surface area contributed by atoms with Crippen LogP contribution in [0, 0.1) is 18.8 Å². The van der Waals surface area contributed by atoms with E-state index in [2.05, 4.69) is 67.7 Å². The van der Waals surface area contributed by atoms with Crippen molar-refractivity contribution in [3.8, 4) is 11.1 Å². The fraction of sp³-hybridized carbons (Fsp3) is 0.500. The van der Waals surface area contributed by atoms with Gasteiger partial charge in [-0.1, -0.05) is 61.0 Å². The van der Waals surface area contributed by atoms with Crippen molar-refractivity contribution >= 4 is 11.8 Å². The van der Waals surface area contributed by atoms with E-state index in [4.69, 9.17) is 0 Å². The van der Waals surface area contributed by atoms with Crippen LogP contribution in [-0.4, -0.2) is 60.9 Å². The van der Waals surface area contributed by atoms with Crippen molar-refractivity contribution in [2.75, 3.05) is 39.3 Å². The van der Waals surface area contributed by atoms with Gasteiger partial charge in [0.05, 0.1) is 5.92 Å². The van der Waals surface area contributed by atoms with Gasteiger partial charge in [-0.2, -0.15) is 0 Å². The molecule has 2 heterocycles. The average Bonchev–Trinajstić information content (AvgIpc) is 2.99. The van der Waals surface area contributed by atoms with Crippen molar-refractivity contribution in [3.63, 3.8) is 0 Å². The van der Waals surface area contributed by atoms with Crippen LogP contribution in [0.25, 0.3) is 11.1 Å². The summed E-state index contributed by atoms with van der Waals surface area (Å²) in [6.07, 6.45) is 3.38. The van der Waals surface area contributed by atoms with Crippen LogP contribution in [0.3, 0.4) is 0 Å². The van der Waals surface area contributed by atoms with Gasteiger partial charge < -0.3 is 15.1 Å². The number of nitrogens with one attached hydrogen (secondary N) is 1. The molecule has 0 saturated carbocycles. The lowest BCUT2D eigenvalue weighted by molar-refractivity contribution is -0.137. The van der Waals surface area contributed by atoms with Crippen molar-refractivity contribution in [2.24, 2.45) is 11.8 Å². The van der Waals surface area contributed by atoms with E-state index in [0.29, 0.717) is 26.1 Å². The molecule has 1 unspecified atom stereocenters. The molecule has 2 aliphatic rings. The van der Waals surface area contributed by atoms with E-state index in [1.165, 1.54) is 16.7 Å². The zero-order valence-electron chi connectivity index (χ0n) is 20.1. The molecule has 2 aromatic rings. The predicted octanol–water partition coefficient (Wildman–Crippen LogP) is 3.90. The minimum Gasteiger partial charge on any atom is -0.341 e. The quantitative estimate of drug-likeness (QED) is 0.731. The summed E-state index contributed by atoms with van der Waals surface area (Å²) in [5.74, 6) is 0.321. The van der Waals surface area contributed by atoms with Gasteiger partial charge in [-0.25, -0.2) is 0 Å². The first-order valence-corrected chi connectivity index (χ1v) is 12.5. The highest BCUT2D eigenvalue weighted by Gasteiger charge is 2.34. The Kier molecular flexibility index (Phi) is 7.81. The van der Waals surface area contributed by atoms with Crippen molar-refractivity contribution in [2.45, 2.75) is 39.5 Å². The number of benzene rings is 2. The number of rotatable bonds is 6. The van der Waals surface area contributed by atoms with E-state index < -0.39 is 0 Å². The molecule has 2 aromatic carbocycles. The van der Waals surface area contributed by atoms with Crippen LogP contribution in [0.15, 0.2) is 48.5 Å². The predicted molar refractivity (Wildman–Crippen MR) is 133 cm³/mol. The van der Waals surface area contributed by atoms with Crippen molar-refractivity contribution in [1.82, 2.24) is 15.1 Å². The summed E-state index contributed by atoms with van der Waals surface area (Å²) in [7, 11) is 0. The maximum absolute atomic E-state index is 13.5. The Labute approximate surface area is 198 Å². The first-order chi connectivity index (χ1) is 16.0. The number of nitrogens with zero attached hydrogens (tertiary/aromatic N) is 2. The third-order valence-corrected chi connectivity index (χ3v) is 7.00. The van der Waals surface area contributed by atoms with Gasteiger partial charge in [0.2, 0.25) is 11.8 Å². The molecule has 2 fully saturated rings. The molecule has 0 radical (unpaired) electrons. The van der Waals surface area contributed by atoms with Crippen LogP contribution in [0.5, 0.6) is 0 Å². The minimum absolute atomic E-state index is 0.0874. The summed E-state index contributed by atoms with van der Waals surface area (Å²) < 4.78 is 0. The summed E-state index contributed by atoms with van der Waals surface area (Å²) >= 11 is 0. The molecule has 1 N–H and O–H groups in total. The molecular weight excluding hydrogens is 410 g/mol. The smallest absolute Gasteiger partial charge is 0.227 e. The largest absolute Gasteiger partial charge is 0.341 e. The van der Waals surface area contributed by atoms with E-state index in [-0.39, 0.29) is 23.7 Å². The molecule has 5 heteroatoms. The van der Waals surface area contributed by atoms with Gasteiger partial charge in [-0.15, -0.1) is 0 Å². The van der Waals surface area contributed by atoms with Gasteiger partial charge in [-0.05, 0) is 62.4 Å². The molecule has 1 atom stereocenters. The van der Waals surface area contributed by atoms with Crippen LogP contribution in [0.4, 0.5) is 0 Å². The van der Waals surface area contributed by atoms with Gasteiger partial charge in [0, 0.05) is 32.1 Å². The van der Waals surface area contributed by atoms with Gasteiger partial charge in [0.25, 0.3) is 0 Å². The van der Waals surface area contributed by atoms with E-state index >= 15 is 0 Å². The van der Waals surface area contributed by atoms with Gasteiger partial charge >= 0.3 is 0 Å². The maximum Gasteiger partial charge on any atom is 0.227 e. The molecule has 2 saturated heterocycles. The monoisotopic (exact) mass is 447 g/mol. The lowest BCUT2D eigenvalue weighted by Crippen LogP contribution is -2.43. The van der Waals surface area contributed by atoms with E-state index in [9.17, 15) is 9.59 Å². The number of carbonyl (C=O) groups excluding carboxylic acids is 2. The Hall–Kier alpha value is -2.66. The average molecular weight is 448 g/mol. The highest BCUT2D eigenvalue weighted by atomic mass is 16.2. The second-order valence-corrected chi connectivity index (χ2v) is 9.60. The molecule has 176 valence electrons. The normalized spacial score (nSPS) is 20.1. The Balaban J connectivity index is 1.55. The molecule has 2 amide bonds. The fourth-order valence-electron chi connectivity index (χ4n) is 5.20. The topological polar surface area (TPSA) is 52.6 Å². The number of aryl methyl sites for hydroxylation is 1. The number of carbonyl (C=O) groups is 2. The Morgan fingerprint density at radius 1 is 1.03 bits per heavy atom. The van der Waals surface area contributed by atoms with Gasteiger partial charge in [0.1, 0.15) is 0 Å². The second-order valence-electron chi connectivity index (χ2n) is 9.60. The van der Waals surface area contributed by atoms with E-state index in [1.54, 1.807) is 0 Å². The van der Waals surface area contributed by atoms with E-state index in [1.807, 2.05) is 9.80 Å². The van der Waals surface area contributed by atoms with Gasteiger partial charge in [0.15, 0.2) is 0 Å². The molecule has 33 heavy (non-hydrogen) atoms. The Bertz CT molecular complexity index is 967. The number of hydrogen-bond acceptors (Lipinski definition) is 3. The molecule has 0 spiro atoms. The third kappa shape index (κ3) is 5.83. The summed E-state index contributed by atoms with van der Waals surface area (Å²) in [5.41, 5.74) is 4.75. The minimum atomic E-state index is -0.197. The van der Waals surface area contributed by atoms with Crippen LogP contribution in [0.1, 0.15) is 37.3 Å². The van der Waals surface area contributed by atoms with Gasteiger partial charge in [-0.3, -0.25) is 9.59 Å². The molecular formula is C28H37N3O2. The summed E-state index contributed by atoms with van der Waals surface area (Å²) in [6, 6.07) is 17.0. The maximum atomic E-state index is 13.5. The molecule has 5 nitrogen and oxygen atoms in total. The molecule has 0 aliphatic carbocycles. The van der Waals surface area contributed by atoms with E-state index in [0.717, 1.165) is 44.5 Å². The third-order valence-electron chi connectivity index (χ3n) is 7.00. The molecule has 4 rings (SSSR count). The summed E-state index contributed by atoms with van der Waals surface area (Å²) in [4.78, 5) is 30.7. The number of hydrogen-bond donors (Lipinski definition) is 1. The van der Waals surface area contributed by atoms with Crippen molar-refractivity contribution < 1.29 is 9.59 Å². The lowest BCUT2D eigenvalue weighted by Gasteiger charge is -2.30. The standard InChI is InChI=1S/C28H37N3O2/c1-3-14-30-15-16-31(27(32)23-10-12-29-13-11-23)20-26(28(30)33)19-22-7-5-9-25(18-22)24-8-4-6-21(2)17-24/h4-9,17-18,23,26,29H,3,10-16,19-20H2,1-2H3. The Morgan fingerprint density at radius 2 is 1.76 bits per heavy atom. The second kappa shape index (κ2) is 11.0. The lowest BCUT2D eigenvalue weighted by atomic mass is 9.93. The molecule has 0 bridgehead atoms. The SMILES string of the molecule is CCCN1CCN(C(=O)C2CCNCC2)CC(Cc2cccc(-c3cccc(C)c3)c2)C1=O.